The third-order valence-corrected chi connectivity index (χ3v) is 6.71. The second-order valence-electron chi connectivity index (χ2n) is 8.30. The van der Waals surface area contributed by atoms with E-state index in [0.717, 1.165) is 31.4 Å². The fraction of sp³-hybridized carbons (Fsp3) is 0.609. The molecule has 1 saturated carbocycles. The van der Waals surface area contributed by atoms with E-state index in [4.69, 9.17) is 0 Å². The van der Waals surface area contributed by atoms with Gasteiger partial charge in [-0.15, -0.1) is 0 Å². The van der Waals surface area contributed by atoms with E-state index in [0.29, 0.717) is 18.0 Å². The molecule has 3 heteroatoms. The first-order valence-corrected chi connectivity index (χ1v) is 10.5. The van der Waals surface area contributed by atoms with E-state index >= 15 is 0 Å². The zero-order valence-corrected chi connectivity index (χ0v) is 16.3. The number of hydrogen-bond acceptors (Lipinski definition) is 3. The highest BCUT2D eigenvalue weighted by molar-refractivity contribution is 5.98. The Kier molecular flexibility index (Phi) is 5.17. The molecule has 0 aromatic heterocycles. The molecule has 1 aromatic rings. The molecule has 2 unspecified atom stereocenters. The third-order valence-electron chi connectivity index (χ3n) is 6.71. The summed E-state index contributed by atoms with van der Waals surface area (Å²) in [6.07, 6.45) is 9.80. The molecular weight excluding hydrogens is 320 g/mol. The zero-order chi connectivity index (χ0) is 18.1. The molecule has 1 heterocycles. The number of carbonyl (C=O) groups excluding carboxylic acids is 1. The summed E-state index contributed by atoms with van der Waals surface area (Å²) in [5, 5.41) is 0. The highest BCUT2D eigenvalue weighted by Gasteiger charge is 2.42. The molecule has 1 aromatic carbocycles. The summed E-state index contributed by atoms with van der Waals surface area (Å²) < 4.78 is 0. The highest BCUT2D eigenvalue weighted by Crippen LogP contribution is 2.40. The van der Waals surface area contributed by atoms with Gasteiger partial charge in [0.05, 0.1) is 6.17 Å². The maximum atomic E-state index is 12.9. The van der Waals surface area contributed by atoms with Crippen molar-refractivity contribution in [3.63, 3.8) is 0 Å². The third kappa shape index (κ3) is 3.22. The number of carbonyl (C=O) groups is 1. The number of Topliss-reactive ketones (excluding diaryl/α,β-unsaturated/α-hetero) is 1. The lowest BCUT2D eigenvalue weighted by molar-refractivity contribution is -0.118. The quantitative estimate of drug-likeness (QED) is 0.775. The standard InChI is InChI=1S/C23H32N2O/c1-17-23-21(14-9-15-22(23)26)25(20-12-7-4-8-13-20)18(2)24(17)16-19-10-5-3-6-11-19/h3,5-6,10-11,17-18,20H,4,7-9,12-16H2,1-2H3. The molecule has 2 atom stereocenters. The van der Waals surface area contributed by atoms with E-state index in [1.807, 2.05) is 0 Å². The number of ketones is 1. The van der Waals surface area contributed by atoms with Gasteiger partial charge in [0.1, 0.15) is 0 Å². The summed E-state index contributed by atoms with van der Waals surface area (Å²) in [7, 11) is 0. The van der Waals surface area contributed by atoms with Crippen LogP contribution in [0.2, 0.25) is 0 Å². The largest absolute Gasteiger partial charge is 0.356 e. The molecule has 0 saturated heterocycles. The molecule has 140 valence electrons. The van der Waals surface area contributed by atoms with Crippen LogP contribution in [0.1, 0.15) is 70.8 Å². The highest BCUT2D eigenvalue weighted by atomic mass is 16.1. The number of rotatable bonds is 3. The molecule has 2 aliphatic carbocycles. The van der Waals surface area contributed by atoms with E-state index < -0.39 is 0 Å². The van der Waals surface area contributed by atoms with Crippen molar-refractivity contribution in [2.75, 3.05) is 0 Å². The van der Waals surface area contributed by atoms with Crippen molar-refractivity contribution in [3.8, 4) is 0 Å². The maximum Gasteiger partial charge on any atom is 0.162 e. The summed E-state index contributed by atoms with van der Waals surface area (Å²) in [6.45, 7) is 5.52. The molecule has 1 aliphatic heterocycles. The van der Waals surface area contributed by atoms with Crippen molar-refractivity contribution < 1.29 is 4.79 Å². The maximum absolute atomic E-state index is 12.9. The van der Waals surface area contributed by atoms with E-state index in [1.54, 1.807) is 0 Å². The van der Waals surface area contributed by atoms with Gasteiger partial charge in [-0.25, -0.2) is 0 Å². The van der Waals surface area contributed by atoms with Crippen LogP contribution in [0.3, 0.4) is 0 Å². The van der Waals surface area contributed by atoms with Gasteiger partial charge in [0.15, 0.2) is 5.78 Å². The summed E-state index contributed by atoms with van der Waals surface area (Å²) in [6, 6.07) is 11.5. The lowest BCUT2D eigenvalue weighted by atomic mass is 9.84. The van der Waals surface area contributed by atoms with Gasteiger partial charge >= 0.3 is 0 Å². The fourth-order valence-electron chi connectivity index (χ4n) is 5.41. The molecule has 3 aliphatic rings. The Morgan fingerprint density at radius 2 is 1.69 bits per heavy atom. The van der Waals surface area contributed by atoms with Crippen molar-refractivity contribution in [2.24, 2.45) is 0 Å². The van der Waals surface area contributed by atoms with Crippen molar-refractivity contribution in [1.29, 1.82) is 0 Å². The van der Waals surface area contributed by atoms with E-state index in [2.05, 4.69) is 54.0 Å². The van der Waals surface area contributed by atoms with Crippen molar-refractivity contribution in [2.45, 2.75) is 90.0 Å². The van der Waals surface area contributed by atoms with Gasteiger partial charge in [0.2, 0.25) is 0 Å². The fourth-order valence-corrected chi connectivity index (χ4v) is 5.41. The second kappa shape index (κ2) is 7.56. The predicted octanol–water partition coefficient (Wildman–Crippen LogP) is 4.88. The van der Waals surface area contributed by atoms with E-state index in [1.165, 1.54) is 43.4 Å². The van der Waals surface area contributed by atoms with Gasteiger partial charge in [-0.1, -0.05) is 49.6 Å². The van der Waals surface area contributed by atoms with Crippen molar-refractivity contribution in [3.05, 3.63) is 47.2 Å². The van der Waals surface area contributed by atoms with Gasteiger partial charge in [-0.05, 0) is 45.1 Å². The Balaban J connectivity index is 1.70. The number of allylic oxidation sites excluding steroid dienone is 1. The summed E-state index contributed by atoms with van der Waals surface area (Å²) in [4.78, 5) is 18.1. The molecule has 1 fully saturated rings. The Bertz CT molecular complexity index is 675. The first-order chi connectivity index (χ1) is 12.7. The van der Waals surface area contributed by atoms with Crippen LogP contribution in [-0.4, -0.2) is 33.8 Å². The summed E-state index contributed by atoms with van der Waals surface area (Å²) in [5.74, 6) is 0.393. The van der Waals surface area contributed by atoms with Gasteiger partial charge in [-0.2, -0.15) is 0 Å². The van der Waals surface area contributed by atoms with Crippen LogP contribution in [0.25, 0.3) is 0 Å². The summed E-state index contributed by atoms with van der Waals surface area (Å²) >= 11 is 0. The number of hydrogen-bond donors (Lipinski definition) is 0. The molecule has 0 bridgehead atoms. The van der Waals surface area contributed by atoms with Crippen molar-refractivity contribution in [1.82, 2.24) is 9.80 Å². The van der Waals surface area contributed by atoms with Crippen LogP contribution in [-0.2, 0) is 11.3 Å². The van der Waals surface area contributed by atoms with E-state index in [9.17, 15) is 4.79 Å². The smallest absolute Gasteiger partial charge is 0.162 e. The Morgan fingerprint density at radius 1 is 0.962 bits per heavy atom. The minimum Gasteiger partial charge on any atom is -0.356 e. The van der Waals surface area contributed by atoms with Crippen LogP contribution < -0.4 is 0 Å². The Morgan fingerprint density at radius 3 is 2.42 bits per heavy atom. The van der Waals surface area contributed by atoms with E-state index in [-0.39, 0.29) is 6.04 Å². The predicted molar refractivity (Wildman–Crippen MR) is 106 cm³/mol. The first kappa shape index (κ1) is 17.8. The molecule has 0 radical (unpaired) electrons. The average molecular weight is 353 g/mol. The zero-order valence-electron chi connectivity index (χ0n) is 16.3. The van der Waals surface area contributed by atoms with Gasteiger partial charge in [0.25, 0.3) is 0 Å². The average Bonchev–Trinajstić information content (AvgIpc) is 2.67. The van der Waals surface area contributed by atoms with Crippen LogP contribution in [0.5, 0.6) is 0 Å². The van der Waals surface area contributed by atoms with Gasteiger partial charge < -0.3 is 4.90 Å². The van der Waals surface area contributed by atoms with Crippen LogP contribution in [0, 0.1) is 0 Å². The topological polar surface area (TPSA) is 23.6 Å². The Hall–Kier alpha value is -1.61. The van der Waals surface area contributed by atoms with Gasteiger partial charge in [0, 0.05) is 36.3 Å². The minimum atomic E-state index is 0.216. The lowest BCUT2D eigenvalue weighted by Crippen LogP contribution is -2.59. The molecule has 4 rings (SSSR count). The number of nitrogens with zero attached hydrogens (tertiary/aromatic N) is 2. The first-order valence-electron chi connectivity index (χ1n) is 10.5. The molecule has 0 N–H and O–H groups in total. The minimum absolute atomic E-state index is 0.216. The molecule has 3 nitrogen and oxygen atoms in total. The molecule has 0 amide bonds. The van der Waals surface area contributed by atoms with Crippen LogP contribution in [0.15, 0.2) is 41.6 Å². The Labute approximate surface area is 158 Å². The SMILES string of the molecule is CC1C2=C(CCCC2=O)N(C2CCCCC2)C(C)N1Cc1ccccc1. The molecule has 0 spiro atoms. The second-order valence-corrected chi connectivity index (χ2v) is 8.30. The van der Waals surface area contributed by atoms with Crippen molar-refractivity contribution >= 4 is 5.78 Å². The molecular formula is C23H32N2O. The normalized spacial score (nSPS) is 28.4. The van der Waals surface area contributed by atoms with Crippen LogP contribution >= 0.6 is 0 Å². The monoisotopic (exact) mass is 352 g/mol. The lowest BCUT2D eigenvalue weighted by Gasteiger charge is -2.53. The number of benzene rings is 1. The summed E-state index contributed by atoms with van der Waals surface area (Å²) in [5.41, 5.74) is 3.84. The van der Waals surface area contributed by atoms with Gasteiger partial charge in [-0.3, -0.25) is 9.69 Å². The van der Waals surface area contributed by atoms with Crippen LogP contribution in [0.4, 0.5) is 0 Å². The molecule has 26 heavy (non-hydrogen) atoms.